The van der Waals surface area contributed by atoms with Gasteiger partial charge in [-0.05, 0) is 35.4 Å². The Balaban J connectivity index is 2.50. The van der Waals surface area contributed by atoms with Gasteiger partial charge in [0.15, 0.2) is 0 Å². The summed E-state index contributed by atoms with van der Waals surface area (Å²) in [4.78, 5) is 26.4. The van der Waals surface area contributed by atoms with Crippen molar-refractivity contribution in [1.29, 1.82) is 0 Å². The number of amides is 1. The van der Waals surface area contributed by atoms with E-state index in [-0.39, 0.29) is 11.6 Å². The second kappa shape index (κ2) is 5.71. The lowest BCUT2D eigenvalue weighted by Crippen LogP contribution is -2.18. The zero-order chi connectivity index (χ0) is 14.7. The van der Waals surface area contributed by atoms with E-state index in [9.17, 15) is 9.59 Å². The molecular weight excluding hydrogens is 280 g/mol. The van der Waals surface area contributed by atoms with Crippen molar-refractivity contribution in [3.63, 3.8) is 0 Å². The summed E-state index contributed by atoms with van der Waals surface area (Å²) in [5, 5.41) is 11.8. The molecule has 0 saturated heterocycles. The summed E-state index contributed by atoms with van der Waals surface area (Å²) in [6, 6.07) is 8.04. The lowest BCUT2D eigenvalue weighted by atomic mass is 10.0. The summed E-state index contributed by atoms with van der Waals surface area (Å²) in [5.74, 6) is -1.41. The molecule has 1 heterocycles. The number of carboxylic acid groups (broad SMARTS) is 1. The molecule has 0 aliphatic carbocycles. The Kier molecular flexibility index (Phi) is 4.00. The van der Waals surface area contributed by atoms with Gasteiger partial charge in [-0.2, -0.15) is 0 Å². The Morgan fingerprint density at radius 3 is 2.55 bits per heavy atom. The maximum Gasteiger partial charge on any atom is 0.354 e. The summed E-state index contributed by atoms with van der Waals surface area (Å²) < 4.78 is 0. The van der Waals surface area contributed by atoms with Gasteiger partial charge in [-0.25, -0.2) is 9.78 Å². The SMILES string of the molecule is CNC(=O)c1cc(-c2ccnc(C(=O)O)c2)ccc1Cl. The molecular formula is C14H11ClN2O3. The highest BCUT2D eigenvalue weighted by Gasteiger charge is 2.12. The standard InChI is InChI=1S/C14H11ClN2O3/c1-16-13(18)10-6-8(2-3-11(10)15)9-4-5-17-12(7-9)14(19)20/h2-7H,1H3,(H,16,18)(H,19,20). The minimum absolute atomic E-state index is 0.0565. The van der Waals surface area contributed by atoms with Crippen LogP contribution in [0, 0.1) is 0 Å². The fourth-order valence-corrected chi connectivity index (χ4v) is 1.94. The maximum absolute atomic E-state index is 11.7. The van der Waals surface area contributed by atoms with Gasteiger partial charge in [0.2, 0.25) is 0 Å². The summed E-state index contributed by atoms with van der Waals surface area (Å²) in [5.41, 5.74) is 1.62. The van der Waals surface area contributed by atoms with Gasteiger partial charge in [-0.1, -0.05) is 17.7 Å². The molecule has 20 heavy (non-hydrogen) atoms. The topological polar surface area (TPSA) is 79.3 Å². The van der Waals surface area contributed by atoms with Crippen LogP contribution in [0.15, 0.2) is 36.5 Å². The van der Waals surface area contributed by atoms with Crippen molar-refractivity contribution in [2.24, 2.45) is 0 Å². The predicted octanol–water partition coefficient (Wildman–Crippen LogP) is 2.46. The van der Waals surface area contributed by atoms with Crippen LogP contribution in [0.1, 0.15) is 20.8 Å². The molecule has 6 heteroatoms. The van der Waals surface area contributed by atoms with E-state index >= 15 is 0 Å². The molecule has 1 aromatic carbocycles. The molecule has 0 atom stereocenters. The normalized spacial score (nSPS) is 10.1. The Bertz CT molecular complexity index is 686. The van der Waals surface area contributed by atoms with Crippen molar-refractivity contribution in [2.45, 2.75) is 0 Å². The number of halogens is 1. The van der Waals surface area contributed by atoms with E-state index in [0.29, 0.717) is 21.7 Å². The molecule has 0 fully saturated rings. The van der Waals surface area contributed by atoms with E-state index in [4.69, 9.17) is 16.7 Å². The Labute approximate surface area is 120 Å². The third-order valence-electron chi connectivity index (χ3n) is 2.75. The van der Waals surface area contributed by atoms with Gasteiger partial charge in [-0.3, -0.25) is 4.79 Å². The van der Waals surface area contributed by atoms with Crippen molar-refractivity contribution >= 4 is 23.5 Å². The lowest BCUT2D eigenvalue weighted by molar-refractivity contribution is 0.0690. The highest BCUT2D eigenvalue weighted by Crippen LogP contribution is 2.25. The molecule has 2 aromatic rings. The number of hydrogen-bond donors (Lipinski definition) is 2. The third-order valence-corrected chi connectivity index (χ3v) is 3.08. The highest BCUT2D eigenvalue weighted by molar-refractivity contribution is 6.34. The van der Waals surface area contributed by atoms with E-state index < -0.39 is 5.97 Å². The van der Waals surface area contributed by atoms with Crippen molar-refractivity contribution in [3.05, 3.63) is 52.8 Å². The molecule has 0 aliphatic heterocycles. The number of carboxylic acids is 1. The van der Waals surface area contributed by atoms with Crippen molar-refractivity contribution in [3.8, 4) is 11.1 Å². The Morgan fingerprint density at radius 2 is 1.90 bits per heavy atom. The molecule has 1 aromatic heterocycles. The van der Waals surface area contributed by atoms with Crippen LogP contribution < -0.4 is 5.32 Å². The first kappa shape index (κ1) is 14.0. The second-order valence-corrected chi connectivity index (χ2v) is 4.42. The minimum atomic E-state index is -1.10. The second-order valence-electron chi connectivity index (χ2n) is 4.01. The zero-order valence-corrected chi connectivity index (χ0v) is 11.3. The van der Waals surface area contributed by atoms with Crippen molar-refractivity contribution < 1.29 is 14.7 Å². The maximum atomic E-state index is 11.7. The summed E-state index contributed by atoms with van der Waals surface area (Å²) in [6.45, 7) is 0. The van der Waals surface area contributed by atoms with Gasteiger partial charge in [0.05, 0.1) is 10.6 Å². The smallest absolute Gasteiger partial charge is 0.354 e. The fraction of sp³-hybridized carbons (Fsp3) is 0.0714. The van der Waals surface area contributed by atoms with Gasteiger partial charge in [0.25, 0.3) is 5.91 Å². The Hall–Kier alpha value is -2.40. The molecule has 1 amide bonds. The van der Waals surface area contributed by atoms with Gasteiger partial charge < -0.3 is 10.4 Å². The predicted molar refractivity (Wildman–Crippen MR) is 75.0 cm³/mol. The van der Waals surface area contributed by atoms with Crippen LogP contribution in [0.4, 0.5) is 0 Å². The van der Waals surface area contributed by atoms with Crippen LogP contribution in [0.3, 0.4) is 0 Å². The van der Waals surface area contributed by atoms with Crippen molar-refractivity contribution in [1.82, 2.24) is 10.3 Å². The number of pyridine rings is 1. The average Bonchev–Trinajstić information content (AvgIpc) is 2.47. The molecule has 102 valence electrons. The first-order valence-corrected chi connectivity index (χ1v) is 6.12. The van der Waals surface area contributed by atoms with Crippen LogP contribution >= 0.6 is 11.6 Å². The van der Waals surface area contributed by atoms with Crippen LogP contribution in [-0.4, -0.2) is 29.0 Å². The van der Waals surface area contributed by atoms with Crippen molar-refractivity contribution in [2.75, 3.05) is 7.05 Å². The number of benzene rings is 1. The number of carbonyl (C=O) groups excluding carboxylic acids is 1. The van der Waals surface area contributed by atoms with Gasteiger partial charge in [0, 0.05) is 13.2 Å². The number of nitrogens with one attached hydrogen (secondary N) is 1. The number of aromatic carboxylic acids is 1. The molecule has 5 nitrogen and oxygen atoms in total. The number of carbonyl (C=O) groups is 2. The van der Waals surface area contributed by atoms with Crippen LogP contribution in [0.25, 0.3) is 11.1 Å². The minimum Gasteiger partial charge on any atom is -0.477 e. The number of aromatic nitrogens is 1. The third kappa shape index (κ3) is 2.78. The highest BCUT2D eigenvalue weighted by atomic mass is 35.5. The van der Waals surface area contributed by atoms with E-state index in [2.05, 4.69) is 10.3 Å². The van der Waals surface area contributed by atoms with E-state index in [0.717, 1.165) is 0 Å². The van der Waals surface area contributed by atoms with Gasteiger partial charge in [0.1, 0.15) is 5.69 Å². The van der Waals surface area contributed by atoms with E-state index in [1.807, 2.05) is 0 Å². The van der Waals surface area contributed by atoms with Gasteiger partial charge >= 0.3 is 5.97 Å². The number of rotatable bonds is 3. The van der Waals surface area contributed by atoms with E-state index in [1.54, 1.807) is 24.3 Å². The first-order chi connectivity index (χ1) is 9.52. The molecule has 2 rings (SSSR count). The number of nitrogens with zero attached hydrogens (tertiary/aromatic N) is 1. The zero-order valence-electron chi connectivity index (χ0n) is 10.6. The molecule has 2 N–H and O–H groups in total. The summed E-state index contributed by atoms with van der Waals surface area (Å²) >= 11 is 5.97. The largest absolute Gasteiger partial charge is 0.477 e. The molecule has 0 spiro atoms. The molecule has 0 radical (unpaired) electrons. The summed E-state index contributed by atoms with van der Waals surface area (Å²) in [7, 11) is 1.51. The van der Waals surface area contributed by atoms with Crippen LogP contribution in [0.5, 0.6) is 0 Å². The molecule has 0 unspecified atom stereocenters. The molecule has 0 saturated carbocycles. The fourth-order valence-electron chi connectivity index (χ4n) is 1.74. The molecule has 0 bridgehead atoms. The Morgan fingerprint density at radius 1 is 1.20 bits per heavy atom. The summed E-state index contributed by atoms with van der Waals surface area (Å²) in [6.07, 6.45) is 1.41. The monoisotopic (exact) mass is 290 g/mol. The lowest BCUT2D eigenvalue weighted by Gasteiger charge is -2.07. The molecule has 0 aliphatic rings. The van der Waals surface area contributed by atoms with E-state index in [1.165, 1.54) is 19.3 Å². The quantitative estimate of drug-likeness (QED) is 0.910. The van der Waals surface area contributed by atoms with Gasteiger partial charge in [-0.15, -0.1) is 0 Å². The first-order valence-electron chi connectivity index (χ1n) is 5.74. The van der Waals surface area contributed by atoms with Crippen LogP contribution in [0.2, 0.25) is 5.02 Å². The average molecular weight is 291 g/mol. The number of hydrogen-bond acceptors (Lipinski definition) is 3. The van der Waals surface area contributed by atoms with Crippen LogP contribution in [-0.2, 0) is 0 Å².